The Hall–Kier alpha value is -1.82. The molecule has 0 bridgehead atoms. The average Bonchev–Trinajstić information content (AvgIpc) is 2.15. The molecule has 0 aliphatic heterocycles. The molecule has 0 spiro atoms. The molecule has 0 aliphatic rings. The van der Waals surface area contributed by atoms with Gasteiger partial charge in [-0.2, -0.15) is 5.26 Å². The first-order valence-corrected chi connectivity index (χ1v) is 4.64. The lowest BCUT2D eigenvalue weighted by Gasteiger charge is -2.21. The monoisotopic (exact) mass is 203 g/mol. The molecular weight excluding hydrogens is 190 g/mol. The quantitative estimate of drug-likeness (QED) is 0.763. The fourth-order valence-electron chi connectivity index (χ4n) is 1.44. The first-order chi connectivity index (χ1) is 6.86. The van der Waals surface area contributed by atoms with Crippen molar-refractivity contribution in [3.8, 4) is 6.07 Å². The Morgan fingerprint density at radius 1 is 1.40 bits per heavy atom. The number of rotatable bonds is 1. The van der Waals surface area contributed by atoms with Gasteiger partial charge in [0.2, 0.25) is 0 Å². The Labute approximate surface area is 89.0 Å². The molecular formula is C12H13NO2. The van der Waals surface area contributed by atoms with Gasteiger partial charge in [-0.05, 0) is 23.1 Å². The zero-order valence-electron chi connectivity index (χ0n) is 9.03. The van der Waals surface area contributed by atoms with E-state index in [0.29, 0.717) is 5.56 Å². The molecule has 78 valence electrons. The highest BCUT2D eigenvalue weighted by Gasteiger charge is 2.21. The van der Waals surface area contributed by atoms with E-state index in [0.717, 1.165) is 5.56 Å². The second-order valence-corrected chi connectivity index (χ2v) is 4.43. The Bertz CT molecular complexity index is 436. The van der Waals surface area contributed by atoms with Crippen LogP contribution >= 0.6 is 0 Å². The van der Waals surface area contributed by atoms with Gasteiger partial charge < -0.3 is 5.11 Å². The van der Waals surface area contributed by atoms with Gasteiger partial charge in [0, 0.05) is 0 Å². The molecule has 0 saturated carbocycles. The lowest BCUT2D eigenvalue weighted by molar-refractivity contribution is 0.0694. The largest absolute Gasteiger partial charge is 0.478 e. The minimum atomic E-state index is -0.989. The van der Waals surface area contributed by atoms with E-state index in [-0.39, 0.29) is 11.0 Å². The minimum absolute atomic E-state index is 0.210. The molecule has 15 heavy (non-hydrogen) atoms. The summed E-state index contributed by atoms with van der Waals surface area (Å²) in [6, 6.07) is 6.71. The van der Waals surface area contributed by atoms with Crippen LogP contribution in [0.1, 0.15) is 42.3 Å². The Balaban J connectivity index is 3.42. The molecule has 1 N–H and O–H groups in total. The summed E-state index contributed by atoms with van der Waals surface area (Å²) in [4.78, 5) is 11.0. The van der Waals surface area contributed by atoms with Gasteiger partial charge in [-0.3, -0.25) is 0 Å². The first-order valence-electron chi connectivity index (χ1n) is 4.64. The predicted octanol–water partition coefficient (Wildman–Crippen LogP) is 2.55. The van der Waals surface area contributed by atoms with Gasteiger partial charge in [0.25, 0.3) is 0 Å². The first kappa shape index (κ1) is 11.3. The van der Waals surface area contributed by atoms with Crippen molar-refractivity contribution in [1.29, 1.82) is 5.26 Å². The van der Waals surface area contributed by atoms with E-state index in [9.17, 15) is 4.79 Å². The van der Waals surface area contributed by atoms with Crippen molar-refractivity contribution in [3.63, 3.8) is 0 Å². The molecule has 1 aromatic rings. The number of hydrogen-bond acceptors (Lipinski definition) is 2. The van der Waals surface area contributed by atoms with Gasteiger partial charge >= 0.3 is 5.97 Å². The number of carboxylic acids is 1. The van der Waals surface area contributed by atoms with Crippen LogP contribution in [0, 0.1) is 11.3 Å². The lowest BCUT2D eigenvalue weighted by Crippen LogP contribution is -2.17. The van der Waals surface area contributed by atoms with Crippen molar-refractivity contribution in [2.75, 3.05) is 0 Å². The SMILES string of the molecule is CC(C)(C)c1ccc(C#N)cc1C(=O)O. The van der Waals surface area contributed by atoms with Crippen LogP contribution in [-0.2, 0) is 5.41 Å². The van der Waals surface area contributed by atoms with Crippen LogP contribution < -0.4 is 0 Å². The van der Waals surface area contributed by atoms with E-state index >= 15 is 0 Å². The van der Waals surface area contributed by atoms with Gasteiger partial charge in [0.1, 0.15) is 0 Å². The molecule has 1 aromatic carbocycles. The van der Waals surface area contributed by atoms with E-state index in [1.807, 2.05) is 26.8 Å². The molecule has 0 amide bonds. The van der Waals surface area contributed by atoms with Crippen molar-refractivity contribution < 1.29 is 9.90 Å². The standard InChI is InChI=1S/C12H13NO2/c1-12(2,3)10-5-4-8(7-13)6-9(10)11(14)15/h4-6H,1-3H3,(H,14,15). The molecule has 0 unspecified atom stereocenters. The molecule has 0 aromatic heterocycles. The van der Waals surface area contributed by atoms with E-state index in [4.69, 9.17) is 10.4 Å². The van der Waals surface area contributed by atoms with Gasteiger partial charge in [-0.25, -0.2) is 4.79 Å². The maximum Gasteiger partial charge on any atom is 0.336 e. The number of benzene rings is 1. The summed E-state index contributed by atoms with van der Waals surface area (Å²) in [5, 5.41) is 17.7. The summed E-state index contributed by atoms with van der Waals surface area (Å²) in [6.07, 6.45) is 0. The fraction of sp³-hybridized carbons (Fsp3) is 0.333. The number of aromatic carboxylic acids is 1. The molecule has 3 heteroatoms. The molecule has 0 aliphatic carbocycles. The van der Waals surface area contributed by atoms with Crippen LogP contribution in [0.2, 0.25) is 0 Å². The fourth-order valence-corrected chi connectivity index (χ4v) is 1.44. The molecule has 3 nitrogen and oxygen atoms in total. The van der Waals surface area contributed by atoms with Gasteiger partial charge in [0.15, 0.2) is 0 Å². The molecule has 1 rings (SSSR count). The number of nitriles is 1. The summed E-state index contributed by atoms with van der Waals surface area (Å²) >= 11 is 0. The molecule has 0 atom stereocenters. The van der Waals surface area contributed by atoms with Gasteiger partial charge in [-0.1, -0.05) is 26.8 Å². The zero-order chi connectivity index (χ0) is 11.6. The van der Waals surface area contributed by atoms with E-state index < -0.39 is 5.97 Å². The maximum atomic E-state index is 11.0. The number of carboxylic acid groups (broad SMARTS) is 1. The summed E-state index contributed by atoms with van der Waals surface area (Å²) in [7, 11) is 0. The highest BCUT2D eigenvalue weighted by Crippen LogP contribution is 2.26. The van der Waals surface area contributed by atoms with Gasteiger partial charge in [0.05, 0.1) is 17.2 Å². The number of nitrogens with zero attached hydrogens (tertiary/aromatic N) is 1. The van der Waals surface area contributed by atoms with Crippen LogP contribution in [0.25, 0.3) is 0 Å². The van der Waals surface area contributed by atoms with Gasteiger partial charge in [-0.15, -0.1) is 0 Å². The summed E-state index contributed by atoms with van der Waals surface area (Å²) in [6.45, 7) is 5.84. The second kappa shape index (κ2) is 3.74. The maximum absolute atomic E-state index is 11.0. The van der Waals surface area contributed by atoms with Crippen LogP contribution in [0.15, 0.2) is 18.2 Å². The van der Waals surface area contributed by atoms with Crippen molar-refractivity contribution in [2.24, 2.45) is 0 Å². The topological polar surface area (TPSA) is 61.1 Å². The third kappa shape index (κ3) is 2.35. The Morgan fingerprint density at radius 3 is 2.40 bits per heavy atom. The second-order valence-electron chi connectivity index (χ2n) is 4.43. The minimum Gasteiger partial charge on any atom is -0.478 e. The lowest BCUT2D eigenvalue weighted by atomic mass is 9.83. The third-order valence-corrected chi connectivity index (χ3v) is 2.19. The normalized spacial score (nSPS) is 10.8. The number of carbonyl (C=O) groups is 1. The summed E-state index contributed by atoms with van der Waals surface area (Å²) in [5.41, 5.74) is 1.10. The highest BCUT2D eigenvalue weighted by molar-refractivity contribution is 5.90. The Morgan fingerprint density at radius 2 is 2.00 bits per heavy atom. The van der Waals surface area contributed by atoms with Crippen LogP contribution in [0.5, 0.6) is 0 Å². The highest BCUT2D eigenvalue weighted by atomic mass is 16.4. The zero-order valence-corrected chi connectivity index (χ0v) is 9.03. The van der Waals surface area contributed by atoms with E-state index in [2.05, 4.69) is 0 Å². The predicted molar refractivity (Wildman–Crippen MR) is 56.8 cm³/mol. The smallest absolute Gasteiger partial charge is 0.336 e. The van der Waals surface area contributed by atoms with Crippen LogP contribution in [-0.4, -0.2) is 11.1 Å². The summed E-state index contributed by atoms with van der Waals surface area (Å²) < 4.78 is 0. The van der Waals surface area contributed by atoms with E-state index in [1.165, 1.54) is 6.07 Å². The third-order valence-electron chi connectivity index (χ3n) is 2.19. The van der Waals surface area contributed by atoms with Crippen molar-refractivity contribution >= 4 is 5.97 Å². The van der Waals surface area contributed by atoms with E-state index in [1.54, 1.807) is 12.1 Å². The number of hydrogen-bond donors (Lipinski definition) is 1. The summed E-state index contributed by atoms with van der Waals surface area (Å²) in [5.74, 6) is -0.989. The molecule has 0 heterocycles. The van der Waals surface area contributed by atoms with Crippen molar-refractivity contribution in [3.05, 3.63) is 34.9 Å². The molecule has 0 saturated heterocycles. The van der Waals surface area contributed by atoms with Crippen molar-refractivity contribution in [1.82, 2.24) is 0 Å². The van der Waals surface area contributed by atoms with Crippen LogP contribution in [0.3, 0.4) is 0 Å². The average molecular weight is 203 g/mol. The van der Waals surface area contributed by atoms with Crippen LogP contribution in [0.4, 0.5) is 0 Å². The van der Waals surface area contributed by atoms with Crippen molar-refractivity contribution in [2.45, 2.75) is 26.2 Å². The molecule has 0 fully saturated rings. The Kier molecular flexibility index (Phi) is 2.81. The molecule has 0 radical (unpaired) electrons.